The van der Waals surface area contributed by atoms with E-state index in [1.165, 1.54) is 13.0 Å². The lowest BCUT2D eigenvalue weighted by Crippen LogP contribution is -2.51. The molecule has 9 nitrogen and oxygen atoms in total. The van der Waals surface area contributed by atoms with Crippen molar-refractivity contribution in [3.63, 3.8) is 0 Å². The van der Waals surface area contributed by atoms with E-state index in [0.717, 1.165) is 28.1 Å². The molecule has 0 unspecified atom stereocenters. The van der Waals surface area contributed by atoms with Gasteiger partial charge in [0.2, 0.25) is 15.9 Å². The van der Waals surface area contributed by atoms with E-state index in [-0.39, 0.29) is 42.6 Å². The molecule has 2 aromatic carbocycles. The monoisotopic (exact) mass is 535 g/mol. The molecular weight excluding hydrogens is 501 g/mol. The molecule has 0 aliphatic heterocycles. The number of halogens is 1. The zero-order valence-corrected chi connectivity index (χ0v) is 22.0. The minimum atomic E-state index is -4.22. The van der Waals surface area contributed by atoms with Crippen molar-refractivity contribution in [2.24, 2.45) is 5.92 Å². The first-order chi connectivity index (χ1) is 17.4. The van der Waals surface area contributed by atoms with Gasteiger partial charge in [-0.15, -0.1) is 0 Å². The van der Waals surface area contributed by atoms with Gasteiger partial charge >= 0.3 is 6.09 Å². The molecule has 0 saturated carbocycles. The molecule has 0 heterocycles. The lowest BCUT2D eigenvalue weighted by atomic mass is 10.0. The van der Waals surface area contributed by atoms with Crippen molar-refractivity contribution >= 4 is 27.7 Å². The average Bonchev–Trinajstić information content (AvgIpc) is 2.83. The number of nitrogens with one attached hydrogen (secondary N) is 2. The third kappa shape index (κ3) is 9.27. The maximum Gasteiger partial charge on any atom is 0.407 e. The number of sulfonamides is 1. The molecule has 0 saturated heterocycles. The van der Waals surface area contributed by atoms with Crippen molar-refractivity contribution in [3.8, 4) is 0 Å². The number of benzene rings is 2. The Kier molecular flexibility index (Phi) is 11.2. The molecule has 11 heteroatoms. The molecule has 0 spiro atoms. The third-order valence-corrected chi connectivity index (χ3v) is 7.07. The van der Waals surface area contributed by atoms with E-state index in [9.17, 15) is 27.5 Å². The van der Waals surface area contributed by atoms with Crippen molar-refractivity contribution in [2.45, 2.75) is 44.2 Å². The van der Waals surface area contributed by atoms with Crippen LogP contribution in [-0.2, 0) is 26.0 Å². The van der Waals surface area contributed by atoms with E-state index in [1.807, 2.05) is 44.2 Å². The number of carbonyl (C=O) groups excluding carboxylic acids is 2. The molecule has 3 N–H and O–H groups in total. The van der Waals surface area contributed by atoms with Gasteiger partial charge in [0.15, 0.2) is 0 Å². The molecular formula is C26H34FN3O6S. The van der Waals surface area contributed by atoms with E-state index in [2.05, 4.69) is 17.2 Å². The van der Waals surface area contributed by atoms with E-state index >= 15 is 0 Å². The van der Waals surface area contributed by atoms with Crippen LogP contribution in [0.5, 0.6) is 0 Å². The molecule has 2 amide bonds. The van der Waals surface area contributed by atoms with Crippen LogP contribution in [0.1, 0.15) is 26.3 Å². The Bertz CT molecular complexity index is 1170. The normalized spacial score (nSPS) is 13.2. The average molecular weight is 536 g/mol. The number of aliphatic hydroxyl groups excluding tert-OH is 1. The summed E-state index contributed by atoms with van der Waals surface area (Å²) in [6.07, 6.45) is -0.488. The maximum absolute atomic E-state index is 14.1. The van der Waals surface area contributed by atoms with Crippen LogP contribution >= 0.6 is 0 Å². The van der Waals surface area contributed by atoms with Gasteiger partial charge in [0.1, 0.15) is 12.4 Å². The molecule has 2 rings (SSSR count). The Balaban J connectivity index is 2.36. The Morgan fingerprint density at radius 1 is 1.16 bits per heavy atom. The first kappa shape index (κ1) is 29.9. The summed E-state index contributed by atoms with van der Waals surface area (Å²) in [5.41, 5.74) is 0.541. The molecule has 202 valence electrons. The summed E-state index contributed by atoms with van der Waals surface area (Å²) in [5.74, 6) is -1.45. The fourth-order valence-corrected chi connectivity index (χ4v) is 5.24. The summed E-state index contributed by atoms with van der Waals surface area (Å²) in [7, 11) is -4.22. The molecule has 0 radical (unpaired) electrons. The van der Waals surface area contributed by atoms with Crippen molar-refractivity contribution in [3.05, 3.63) is 72.6 Å². The number of anilines is 1. The largest absolute Gasteiger partial charge is 0.445 e. The number of ether oxygens (including phenoxy) is 1. The van der Waals surface area contributed by atoms with Crippen LogP contribution in [0.2, 0.25) is 0 Å². The van der Waals surface area contributed by atoms with Crippen LogP contribution in [-0.4, -0.2) is 61.7 Å². The van der Waals surface area contributed by atoms with Crippen LogP contribution in [0, 0.1) is 11.7 Å². The highest BCUT2D eigenvalue weighted by Gasteiger charge is 2.32. The lowest BCUT2D eigenvalue weighted by molar-refractivity contribution is -0.114. The predicted octanol–water partition coefficient (Wildman–Crippen LogP) is 3.32. The van der Waals surface area contributed by atoms with Gasteiger partial charge in [-0.05, 0) is 36.1 Å². The van der Waals surface area contributed by atoms with E-state index in [1.54, 1.807) is 0 Å². The van der Waals surface area contributed by atoms with Gasteiger partial charge in [-0.2, -0.15) is 4.31 Å². The molecule has 0 fully saturated rings. The van der Waals surface area contributed by atoms with Crippen LogP contribution in [0.3, 0.4) is 0 Å². The van der Waals surface area contributed by atoms with Gasteiger partial charge in [0.05, 0.1) is 22.7 Å². The summed E-state index contributed by atoms with van der Waals surface area (Å²) >= 11 is 0. The second-order valence-corrected chi connectivity index (χ2v) is 10.9. The maximum atomic E-state index is 14.1. The standard InChI is InChI=1S/C26H34FN3O6S/c1-5-13-36-26(33)29-24(14-20-9-7-6-8-10-20)25(32)17-30(16-18(2)3)37(34,35)21-11-12-22(27)23(15-21)28-19(4)31/h5-12,15,18,24-25,32H,1,13-14,16-17H2,2-4H3,(H,28,31)(H,29,33)/t24-,25+/m0/s1. The number of aliphatic hydroxyl groups is 1. The van der Waals surface area contributed by atoms with E-state index < -0.39 is 40.0 Å². The first-order valence-electron chi connectivity index (χ1n) is 11.8. The topological polar surface area (TPSA) is 125 Å². The van der Waals surface area contributed by atoms with E-state index in [4.69, 9.17) is 4.74 Å². The van der Waals surface area contributed by atoms with E-state index in [0.29, 0.717) is 0 Å². The Morgan fingerprint density at radius 3 is 2.43 bits per heavy atom. The van der Waals surface area contributed by atoms with Crippen molar-refractivity contribution in [2.75, 3.05) is 25.0 Å². The fourth-order valence-electron chi connectivity index (χ4n) is 3.59. The summed E-state index contributed by atoms with van der Waals surface area (Å²) in [5, 5.41) is 16.0. The third-order valence-electron chi connectivity index (χ3n) is 5.24. The van der Waals surface area contributed by atoms with Gasteiger partial charge in [0.25, 0.3) is 0 Å². The zero-order valence-electron chi connectivity index (χ0n) is 21.2. The summed E-state index contributed by atoms with van der Waals surface area (Å²) < 4.78 is 47.3. The highest BCUT2D eigenvalue weighted by Crippen LogP contribution is 2.24. The number of alkyl carbamates (subject to hydrolysis) is 1. The van der Waals surface area contributed by atoms with Gasteiger partial charge < -0.3 is 20.5 Å². The van der Waals surface area contributed by atoms with Crippen LogP contribution in [0.4, 0.5) is 14.9 Å². The summed E-state index contributed by atoms with van der Waals surface area (Å²) in [4.78, 5) is 23.4. The van der Waals surface area contributed by atoms with Gasteiger partial charge in [-0.1, -0.05) is 56.8 Å². The number of nitrogens with zero attached hydrogens (tertiary/aromatic N) is 1. The highest BCUT2D eigenvalue weighted by atomic mass is 32.2. The minimum absolute atomic E-state index is 0.0327. The zero-order chi connectivity index (χ0) is 27.6. The Hall–Kier alpha value is -3.28. The molecule has 37 heavy (non-hydrogen) atoms. The van der Waals surface area contributed by atoms with Crippen LogP contribution in [0.25, 0.3) is 0 Å². The van der Waals surface area contributed by atoms with Crippen molar-refractivity contribution < 1.29 is 32.2 Å². The second kappa shape index (κ2) is 13.9. The number of rotatable bonds is 13. The minimum Gasteiger partial charge on any atom is -0.445 e. The quantitative estimate of drug-likeness (QED) is 0.338. The predicted molar refractivity (Wildman–Crippen MR) is 139 cm³/mol. The first-order valence-corrected chi connectivity index (χ1v) is 13.2. The summed E-state index contributed by atoms with van der Waals surface area (Å²) in [6.45, 7) is 7.96. The molecule has 0 bridgehead atoms. The molecule has 2 aromatic rings. The molecule has 2 atom stereocenters. The number of carbonyl (C=O) groups is 2. The SMILES string of the molecule is C=CCOC(=O)N[C@@H](Cc1ccccc1)[C@H](O)CN(CC(C)C)S(=O)(=O)c1ccc(F)c(NC(C)=O)c1. The smallest absolute Gasteiger partial charge is 0.407 e. The van der Waals surface area contributed by atoms with Gasteiger partial charge in [-0.25, -0.2) is 17.6 Å². The number of hydrogen-bond donors (Lipinski definition) is 3. The second-order valence-electron chi connectivity index (χ2n) is 8.93. The van der Waals surface area contributed by atoms with Gasteiger partial charge in [-0.3, -0.25) is 4.79 Å². The number of amides is 2. The Morgan fingerprint density at radius 2 is 1.84 bits per heavy atom. The number of hydrogen-bond acceptors (Lipinski definition) is 6. The van der Waals surface area contributed by atoms with Crippen molar-refractivity contribution in [1.82, 2.24) is 9.62 Å². The molecule has 0 aromatic heterocycles. The molecule has 0 aliphatic carbocycles. The lowest BCUT2D eigenvalue weighted by Gasteiger charge is -2.30. The fraction of sp³-hybridized carbons (Fsp3) is 0.385. The van der Waals surface area contributed by atoms with Crippen LogP contribution in [0.15, 0.2) is 66.1 Å². The Labute approximate surface area is 217 Å². The van der Waals surface area contributed by atoms with Crippen LogP contribution < -0.4 is 10.6 Å². The molecule has 0 aliphatic rings. The highest BCUT2D eigenvalue weighted by molar-refractivity contribution is 7.89. The summed E-state index contributed by atoms with van der Waals surface area (Å²) in [6, 6.07) is 11.3. The van der Waals surface area contributed by atoms with Gasteiger partial charge in [0, 0.05) is 20.0 Å². The van der Waals surface area contributed by atoms with Crippen molar-refractivity contribution in [1.29, 1.82) is 0 Å².